The molecule has 0 N–H and O–H groups in total. The highest BCUT2D eigenvalue weighted by molar-refractivity contribution is 6.09. The molecule has 0 aliphatic carbocycles. The number of halogens is 1. The van der Waals surface area contributed by atoms with E-state index in [1.165, 1.54) is 19.2 Å². The van der Waals surface area contributed by atoms with Gasteiger partial charge in [-0.1, -0.05) is 12.1 Å². The fourth-order valence-corrected chi connectivity index (χ4v) is 1.86. The molecule has 0 bridgehead atoms. The van der Waals surface area contributed by atoms with Crippen molar-refractivity contribution < 1.29 is 13.9 Å². The zero-order valence-corrected chi connectivity index (χ0v) is 11.2. The van der Waals surface area contributed by atoms with E-state index in [4.69, 9.17) is 4.74 Å². The first kappa shape index (κ1) is 13.3. The van der Waals surface area contributed by atoms with Crippen molar-refractivity contribution in [3.05, 3.63) is 64.5 Å². The van der Waals surface area contributed by atoms with Crippen molar-refractivity contribution in [3.63, 3.8) is 0 Å². The molecule has 0 aliphatic heterocycles. The lowest BCUT2D eigenvalue weighted by atomic mass is 9.99. The molecule has 0 aliphatic rings. The Kier molecular flexibility index (Phi) is 3.65. The molecule has 0 amide bonds. The summed E-state index contributed by atoms with van der Waals surface area (Å²) < 4.78 is 18.4. The molecule has 0 heterocycles. The lowest BCUT2D eigenvalue weighted by Crippen LogP contribution is -2.03. The minimum atomic E-state index is -0.530. The molecule has 0 saturated carbocycles. The third kappa shape index (κ3) is 2.65. The normalized spacial score (nSPS) is 10.3. The number of benzene rings is 2. The number of carbonyl (C=O) groups is 1. The standard InChI is InChI=1S/C16H15FO2/c1-10-4-5-12(8-11(10)2)16(18)13-6-7-15(19-3)14(17)9-13/h4-9H,1-3H3. The molecule has 0 saturated heterocycles. The van der Waals surface area contributed by atoms with Gasteiger partial charge in [0.15, 0.2) is 17.3 Å². The van der Waals surface area contributed by atoms with E-state index < -0.39 is 5.82 Å². The first-order valence-corrected chi connectivity index (χ1v) is 5.98. The summed E-state index contributed by atoms with van der Waals surface area (Å²) in [5, 5.41) is 0. The Morgan fingerprint density at radius 2 is 1.63 bits per heavy atom. The van der Waals surface area contributed by atoms with Gasteiger partial charge in [0.2, 0.25) is 0 Å². The Bertz CT molecular complexity index is 633. The molecule has 0 unspecified atom stereocenters. The van der Waals surface area contributed by atoms with Gasteiger partial charge in [-0.05, 0) is 49.2 Å². The molecule has 0 aromatic heterocycles. The monoisotopic (exact) mass is 258 g/mol. The Hall–Kier alpha value is -2.16. The average Bonchev–Trinajstić information content (AvgIpc) is 2.41. The van der Waals surface area contributed by atoms with Gasteiger partial charge in [0.1, 0.15) is 0 Å². The summed E-state index contributed by atoms with van der Waals surface area (Å²) in [7, 11) is 1.39. The number of rotatable bonds is 3. The van der Waals surface area contributed by atoms with Crippen molar-refractivity contribution in [1.29, 1.82) is 0 Å². The smallest absolute Gasteiger partial charge is 0.193 e. The second-order valence-corrected chi connectivity index (χ2v) is 4.48. The summed E-state index contributed by atoms with van der Waals surface area (Å²) in [5.41, 5.74) is 3.05. The molecule has 3 heteroatoms. The number of ketones is 1. The van der Waals surface area contributed by atoms with Crippen molar-refractivity contribution in [3.8, 4) is 5.75 Å². The second-order valence-electron chi connectivity index (χ2n) is 4.48. The Labute approximate surface area is 111 Å². The molecule has 0 fully saturated rings. The van der Waals surface area contributed by atoms with Crippen LogP contribution in [0, 0.1) is 19.7 Å². The summed E-state index contributed by atoms with van der Waals surface area (Å²) in [6.07, 6.45) is 0. The summed E-state index contributed by atoms with van der Waals surface area (Å²) in [6.45, 7) is 3.93. The maximum Gasteiger partial charge on any atom is 0.193 e. The Morgan fingerprint density at radius 1 is 1.00 bits per heavy atom. The molecule has 19 heavy (non-hydrogen) atoms. The van der Waals surface area contributed by atoms with Crippen LogP contribution in [0.25, 0.3) is 0 Å². The van der Waals surface area contributed by atoms with Crippen LogP contribution in [0.2, 0.25) is 0 Å². The molecule has 0 radical (unpaired) electrons. The van der Waals surface area contributed by atoms with E-state index in [0.717, 1.165) is 11.1 Å². The second kappa shape index (κ2) is 5.22. The molecular weight excluding hydrogens is 243 g/mol. The number of aryl methyl sites for hydroxylation is 2. The molecule has 98 valence electrons. The predicted octanol–water partition coefficient (Wildman–Crippen LogP) is 3.68. The minimum Gasteiger partial charge on any atom is -0.494 e. The number of hydrogen-bond donors (Lipinski definition) is 0. The van der Waals surface area contributed by atoms with E-state index in [2.05, 4.69) is 0 Å². The maximum absolute atomic E-state index is 13.6. The topological polar surface area (TPSA) is 26.3 Å². The third-order valence-electron chi connectivity index (χ3n) is 3.18. The van der Waals surface area contributed by atoms with Gasteiger partial charge in [-0.2, -0.15) is 0 Å². The van der Waals surface area contributed by atoms with Gasteiger partial charge in [-0.25, -0.2) is 4.39 Å². The summed E-state index contributed by atoms with van der Waals surface area (Å²) >= 11 is 0. The van der Waals surface area contributed by atoms with E-state index in [1.807, 2.05) is 26.0 Å². The van der Waals surface area contributed by atoms with Gasteiger partial charge in [-0.3, -0.25) is 4.79 Å². The predicted molar refractivity (Wildman–Crippen MR) is 72.3 cm³/mol. The third-order valence-corrected chi connectivity index (χ3v) is 3.18. The van der Waals surface area contributed by atoms with E-state index >= 15 is 0 Å². The first-order valence-electron chi connectivity index (χ1n) is 5.98. The van der Waals surface area contributed by atoms with Crippen LogP contribution in [0.4, 0.5) is 4.39 Å². The summed E-state index contributed by atoms with van der Waals surface area (Å²) in [6, 6.07) is 9.70. The fourth-order valence-electron chi connectivity index (χ4n) is 1.86. The van der Waals surface area contributed by atoms with E-state index in [0.29, 0.717) is 11.1 Å². The highest BCUT2D eigenvalue weighted by Gasteiger charge is 2.12. The molecule has 2 aromatic carbocycles. The van der Waals surface area contributed by atoms with Gasteiger partial charge in [0.05, 0.1) is 7.11 Å². The molecule has 2 nitrogen and oxygen atoms in total. The van der Waals surface area contributed by atoms with Crippen LogP contribution in [-0.4, -0.2) is 12.9 Å². The van der Waals surface area contributed by atoms with Crippen LogP contribution in [0.5, 0.6) is 5.75 Å². The molecule has 0 spiro atoms. The summed E-state index contributed by atoms with van der Waals surface area (Å²) in [4.78, 5) is 12.3. The van der Waals surface area contributed by atoms with E-state index in [9.17, 15) is 9.18 Å². The molecule has 2 aromatic rings. The molecular formula is C16H15FO2. The quantitative estimate of drug-likeness (QED) is 0.785. The maximum atomic E-state index is 13.6. The van der Waals surface area contributed by atoms with Crippen molar-refractivity contribution in [1.82, 2.24) is 0 Å². The van der Waals surface area contributed by atoms with Gasteiger partial charge in [-0.15, -0.1) is 0 Å². The van der Waals surface area contributed by atoms with E-state index in [1.54, 1.807) is 12.1 Å². The first-order chi connectivity index (χ1) is 9.02. The van der Waals surface area contributed by atoms with Crippen LogP contribution in [-0.2, 0) is 0 Å². The van der Waals surface area contributed by atoms with Crippen molar-refractivity contribution in [2.24, 2.45) is 0 Å². The number of methoxy groups -OCH3 is 1. The van der Waals surface area contributed by atoms with Crippen molar-refractivity contribution in [2.45, 2.75) is 13.8 Å². The van der Waals surface area contributed by atoms with Crippen LogP contribution in [0.1, 0.15) is 27.0 Å². The molecule has 0 atom stereocenters. The lowest BCUT2D eigenvalue weighted by Gasteiger charge is -2.06. The number of ether oxygens (including phenoxy) is 1. The van der Waals surface area contributed by atoms with E-state index in [-0.39, 0.29) is 11.5 Å². The number of hydrogen-bond acceptors (Lipinski definition) is 2. The fraction of sp³-hybridized carbons (Fsp3) is 0.188. The highest BCUT2D eigenvalue weighted by atomic mass is 19.1. The van der Waals surface area contributed by atoms with Gasteiger partial charge in [0, 0.05) is 11.1 Å². The lowest BCUT2D eigenvalue weighted by molar-refractivity contribution is 0.103. The van der Waals surface area contributed by atoms with Crippen LogP contribution in [0.15, 0.2) is 36.4 Å². The van der Waals surface area contributed by atoms with Crippen molar-refractivity contribution >= 4 is 5.78 Å². The largest absolute Gasteiger partial charge is 0.494 e. The zero-order valence-electron chi connectivity index (χ0n) is 11.2. The SMILES string of the molecule is COc1ccc(C(=O)c2ccc(C)c(C)c2)cc1F. The zero-order chi connectivity index (χ0) is 14.0. The minimum absolute atomic E-state index is 0.136. The van der Waals surface area contributed by atoms with Crippen LogP contribution >= 0.6 is 0 Å². The summed E-state index contributed by atoms with van der Waals surface area (Å²) in [5.74, 6) is -0.585. The van der Waals surface area contributed by atoms with Crippen LogP contribution < -0.4 is 4.74 Å². The molecule has 2 rings (SSSR count). The van der Waals surface area contributed by atoms with Gasteiger partial charge in [0.25, 0.3) is 0 Å². The number of carbonyl (C=O) groups excluding carboxylic acids is 1. The average molecular weight is 258 g/mol. The Balaban J connectivity index is 2.38. The van der Waals surface area contributed by atoms with Crippen molar-refractivity contribution in [2.75, 3.05) is 7.11 Å². The highest BCUT2D eigenvalue weighted by Crippen LogP contribution is 2.20. The van der Waals surface area contributed by atoms with Crippen LogP contribution in [0.3, 0.4) is 0 Å². The van der Waals surface area contributed by atoms with Gasteiger partial charge >= 0.3 is 0 Å². The Morgan fingerprint density at radius 3 is 2.21 bits per heavy atom. The van der Waals surface area contributed by atoms with Gasteiger partial charge < -0.3 is 4.74 Å².